The monoisotopic (exact) mass is 280 g/mol. The Bertz CT molecular complexity index is 574. The molecule has 0 radical (unpaired) electrons. The number of nitrogens with zero attached hydrogens (tertiary/aromatic N) is 3. The van der Waals surface area contributed by atoms with Crippen LogP contribution in [-0.4, -0.2) is 46.8 Å². The van der Waals surface area contributed by atoms with Crippen LogP contribution < -0.4 is 0 Å². The van der Waals surface area contributed by atoms with Gasteiger partial charge in [0.15, 0.2) is 0 Å². The van der Waals surface area contributed by atoms with Crippen LogP contribution in [0.25, 0.3) is 0 Å². The van der Waals surface area contributed by atoms with Gasteiger partial charge < -0.3 is 4.90 Å². The van der Waals surface area contributed by atoms with Crippen molar-refractivity contribution in [2.45, 2.75) is 6.54 Å². The molecule has 2 heterocycles. The van der Waals surface area contributed by atoms with E-state index in [1.54, 1.807) is 12.4 Å². The Morgan fingerprint density at radius 3 is 2.43 bits per heavy atom. The summed E-state index contributed by atoms with van der Waals surface area (Å²) in [5, 5.41) is 8.28. The normalized spacial score (nSPS) is 15.9. The van der Waals surface area contributed by atoms with Crippen LogP contribution in [0.5, 0.6) is 0 Å². The smallest absolute Gasteiger partial charge is 0.129 e. The molecule has 1 aliphatic rings. The highest BCUT2D eigenvalue weighted by atomic mass is 15.3. The van der Waals surface area contributed by atoms with E-state index < -0.39 is 0 Å². The lowest BCUT2D eigenvalue weighted by Crippen LogP contribution is -2.48. The van der Waals surface area contributed by atoms with Crippen molar-refractivity contribution in [1.29, 1.82) is 5.41 Å². The number of piperazine rings is 1. The van der Waals surface area contributed by atoms with Crippen LogP contribution in [0.15, 0.2) is 54.9 Å². The van der Waals surface area contributed by atoms with Gasteiger partial charge in [0.25, 0.3) is 0 Å². The average molecular weight is 280 g/mol. The summed E-state index contributed by atoms with van der Waals surface area (Å²) in [7, 11) is 0. The lowest BCUT2D eigenvalue weighted by molar-refractivity contribution is 0.175. The molecule has 1 aromatic carbocycles. The van der Waals surface area contributed by atoms with Gasteiger partial charge in [0, 0.05) is 50.7 Å². The predicted molar refractivity (Wildman–Crippen MR) is 84.4 cm³/mol. The molecule has 1 aromatic heterocycles. The Labute approximate surface area is 125 Å². The molecule has 1 fully saturated rings. The van der Waals surface area contributed by atoms with E-state index in [-0.39, 0.29) is 0 Å². The van der Waals surface area contributed by atoms with E-state index in [0.717, 1.165) is 38.3 Å². The summed E-state index contributed by atoms with van der Waals surface area (Å²) in [6.45, 7) is 4.80. The largest absolute Gasteiger partial charge is 0.354 e. The first-order valence-corrected chi connectivity index (χ1v) is 7.33. The molecular formula is C17H20N4. The average Bonchev–Trinajstić information content (AvgIpc) is 2.57. The number of nitrogens with one attached hydrogen (secondary N) is 1. The van der Waals surface area contributed by atoms with Crippen LogP contribution in [0.1, 0.15) is 11.1 Å². The first kappa shape index (κ1) is 13.8. The number of hydrogen-bond donors (Lipinski definition) is 1. The fraction of sp³-hybridized carbons (Fsp3) is 0.294. The van der Waals surface area contributed by atoms with Crippen molar-refractivity contribution in [1.82, 2.24) is 14.8 Å². The van der Waals surface area contributed by atoms with Crippen LogP contribution in [0, 0.1) is 5.41 Å². The molecule has 0 atom stereocenters. The zero-order chi connectivity index (χ0) is 14.5. The third-order valence-corrected chi connectivity index (χ3v) is 3.87. The fourth-order valence-electron chi connectivity index (χ4n) is 2.66. The molecule has 0 saturated carbocycles. The Kier molecular flexibility index (Phi) is 4.26. The van der Waals surface area contributed by atoms with Gasteiger partial charge in [-0.15, -0.1) is 0 Å². The number of benzene rings is 1. The van der Waals surface area contributed by atoms with Crippen molar-refractivity contribution in [3.63, 3.8) is 0 Å². The van der Waals surface area contributed by atoms with Crippen LogP contribution in [0.4, 0.5) is 0 Å². The van der Waals surface area contributed by atoms with Gasteiger partial charge in [-0.1, -0.05) is 30.3 Å². The third-order valence-electron chi connectivity index (χ3n) is 3.87. The SMILES string of the molecule is N=C(c1cccnc1)N1CCN(Cc2ccccc2)CC1. The second-order valence-corrected chi connectivity index (χ2v) is 5.34. The maximum absolute atomic E-state index is 8.28. The molecule has 2 aromatic rings. The molecule has 4 heteroatoms. The van der Waals surface area contributed by atoms with Gasteiger partial charge in [-0.25, -0.2) is 0 Å². The van der Waals surface area contributed by atoms with Crippen LogP contribution >= 0.6 is 0 Å². The van der Waals surface area contributed by atoms with Gasteiger partial charge in [-0.2, -0.15) is 0 Å². The van der Waals surface area contributed by atoms with Crippen LogP contribution in [-0.2, 0) is 6.54 Å². The summed E-state index contributed by atoms with van der Waals surface area (Å²) >= 11 is 0. The summed E-state index contributed by atoms with van der Waals surface area (Å²) < 4.78 is 0. The van der Waals surface area contributed by atoms with Gasteiger partial charge in [0.2, 0.25) is 0 Å². The van der Waals surface area contributed by atoms with Gasteiger partial charge in [0.05, 0.1) is 0 Å². The first-order chi connectivity index (χ1) is 10.3. The Morgan fingerprint density at radius 1 is 1.00 bits per heavy atom. The van der Waals surface area contributed by atoms with Crippen molar-refractivity contribution in [3.8, 4) is 0 Å². The molecule has 1 aliphatic heterocycles. The van der Waals surface area contributed by atoms with Crippen LogP contribution in [0.2, 0.25) is 0 Å². The molecule has 0 aliphatic carbocycles. The van der Waals surface area contributed by atoms with Crippen molar-refractivity contribution in [2.75, 3.05) is 26.2 Å². The third kappa shape index (κ3) is 3.47. The zero-order valence-electron chi connectivity index (χ0n) is 12.1. The van der Waals surface area contributed by atoms with E-state index in [9.17, 15) is 0 Å². The minimum Gasteiger partial charge on any atom is -0.354 e. The number of aromatic nitrogens is 1. The minimum absolute atomic E-state index is 0.586. The second-order valence-electron chi connectivity index (χ2n) is 5.34. The first-order valence-electron chi connectivity index (χ1n) is 7.33. The molecule has 3 rings (SSSR count). The zero-order valence-corrected chi connectivity index (χ0v) is 12.1. The van der Waals surface area contributed by atoms with E-state index in [4.69, 9.17) is 5.41 Å². The van der Waals surface area contributed by atoms with E-state index in [2.05, 4.69) is 45.1 Å². The van der Waals surface area contributed by atoms with Crippen molar-refractivity contribution in [3.05, 3.63) is 66.0 Å². The Balaban J connectivity index is 1.54. The minimum atomic E-state index is 0.586. The molecule has 0 bridgehead atoms. The molecule has 1 saturated heterocycles. The van der Waals surface area contributed by atoms with E-state index in [1.165, 1.54) is 5.56 Å². The van der Waals surface area contributed by atoms with Gasteiger partial charge in [-0.3, -0.25) is 15.3 Å². The van der Waals surface area contributed by atoms with E-state index in [0.29, 0.717) is 5.84 Å². The number of hydrogen-bond acceptors (Lipinski definition) is 3. The molecule has 4 nitrogen and oxygen atoms in total. The predicted octanol–water partition coefficient (Wildman–Crippen LogP) is 2.22. The Morgan fingerprint density at radius 2 is 1.76 bits per heavy atom. The highest BCUT2D eigenvalue weighted by Gasteiger charge is 2.19. The Hall–Kier alpha value is -2.20. The van der Waals surface area contributed by atoms with Gasteiger partial charge in [-0.05, 0) is 17.7 Å². The number of rotatable bonds is 3. The quantitative estimate of drug-likeness (QED) is 0.692. The summed E-state index contributed by atoms with van der Waals surface area (Å²) in [5.41, 5.74) is 2.25. The molecule has 21 heavy (non-hydrogen) atoms. The molecule has 1 N–H and O–H groups in total. The highest BCUT2D eigenvalue weighted by Crippen LogP contribution is 2.11. The molecule has 0 spiro atoms. The topological polar surface area (TPSA) is 43.2 Å². The van der Waals surface area contributed by atoms with Crippen molar-refractivity contribution in [2.24, 2.45) is 0 Å². The summed E-state index contributed by atoms with van der Waals surface area (Å²) in [6, 6.07) is 14.4. The highest BCUT2D eigenvalue weighted by molar-refractivity contribution is 5.96. The second kappa shape index (κ2) is 6.50. The maximum Gasteiger partial charge on any atom is 0.129 e. The molecule has 0 amide bonds. The molecule has 108 valence electrons. The van der Waals surface area contributed by atoms with Crippen molar-refractivity contribution >= 4 is 5.84 Å². The lowest BCUT2D eigenvalue weighted by Gasteiger charge is -2.36. The summed E-state index contributed by atoms with van der Waals surface area (Å²) in [6.07, 6.45) is 3.51. The summed E-state index contributed by atoms with van der Waals surface area (Å²) in [5.74, 6) is 0.586. The standard InChI is InChI=1S/C17H20N4/c18-17(16-7-4-8-19-13-16)21-11-9-20(10-12-21)14-15-5-2-1-3-6-15/h1-8,13,18H,9-12,14H2. The molecular weight excluding hydrogens is 260 g/mol. The molecule has 0 unspecified atom stereocenters. The van der Waals surface area contributed by atoms with E-state index >= 15 is 0 Å². The van der Waals surface area contributed by atoms with E-state index in [1.807, 2.05) is 12.1 Å². The van der Waals surface area contributed by atoms with Crippen LogP contribution in [0.3, 0.4) is 0 Å². The number of amidine groups is 1. The van der Waals surface area contributed by atoms with Gasteiger partial charge in [0.1, 0.15) is 5.84 Å². The maximum atomic E-state index is 8.28. The number of pyridine rings is 1. The summed E-state index contributed by atoms with van der Waals surface area (Å²) in [4.78, 5) is 8.68. The van der Waals surface area contributed by atoms with Crippen molar-refractivity contribution < 1.29 is 0 Å². The lowest BCUT2D eigenvalue weighted by atomic mass is 10.2. The van der Waals surface area contributed by atoms with Gasteiger partial charge >= 0.3 is 0 Å². The fourth-order valence-corrected chi connectivity index (χ4v) is 2.66.